The largest absolute Gasteiger partial charge is 0.323 e. The minimum Gasteiger partial charge on any atom is -0.323 e. The molecular weight excluding hydrogens is 322 g/mol. The summed E-state index contributed by atoms with van der Waals surface area (Å²) in [5.41, 5.74) is 4.32. The van der Waals surface area contributed by atoms with Gasteiger partial charge in [-0.25, -0.2) is 8.78 Å². The second kappa shape index (κ2) is 5.46. The van der Waals surface area contributed by atoms with Gasteiger partial charge in [0.25, 0.3) is 0 Å². The van der Waals surface area contributed by atoms with Crippen molar-refractivity contribution >= 4 is 22.8 Å². The third-order valence-electron chi connectivity index (χ3n) is 4.95. The maximum absolute atomic E-state index is 14.5. The van der Waals surface area contributed by atoms with Gasteiger partial charge in [0, 0.05) is 6.54 Å². The first kappa shape index (κ1) is 15.4. The van der Waals surface area contributed by atoms with Crippen LogP contribution in [0.25, 0.3) is 22.8 Å². The topological polar surface area (TPSA) is 56.9 Å². The Morgan fingerprint density at radius 3 is 2.68 bits per heavy atom. The molecule has 0 radical (unpaired) electrons. The van der Waals surface area contributed by atoms with Crippen molar-refractivity contribution in [3.8, 4) is 12.1 Å². The fourth-order valence-electron chi connectivity index (χ4n) is 3.83. The number of imidazole rings is 1. The number of aryl methyl sites for hydroxylation is 2. The molecule has 124 valence electrons. The molecule has 0 spiro atoms. The molecule has 4 nitrogen and oxygen atoms in total. The molecule has 0 atom stereocenters. The molecule has 1 aliphatic rings. The Hall–Kier alpha value is -3.12. The van der Waals surface area contributed by atoms with E-state index in [9.17, 15) is 8.78 Å². The monoisotopic (exact) mass is 336 g/mol. The SMILES string of the molecule is Cc1c2c3n(c4c(F)c(F)ccc4n3c1C=C(C#N)C#N)CCCC2. The van der Waals surface area contributed by atoms with E-state index < -0.39 is 11.6 Å². The molecule has 0 bridgehead atoms. The normalized spacial score (nSPS) is 13.5. The van der Waals surface area contributed by atoms with Gasteiger partial charge < -0.3 is 4.57 Å². The molecule has 4 rings (SSSR count). The third kappa shape index (κ3) is 2.01. The summed E-state index contributed by atoms with van der Waals surface area (Å²) in [5, 5.41) is 18.2. The fraction of sp³-hybridized carbons (Fsp3) is 0.263. The summed E-state index contributed by atoms with van der Waals surface area (Å²) in [6.45, 7) is 2.55. The minimum absolute atomic E-state index is 0.0189. The number of aromatic nitrogens is 2. The highest BCUT2D eigenvalue weighted by molar-refractivity contribution is 5.87. The summed E-state index contributed by atoms with van der Waals surface area (Å²) in [6.07, 6.45) is 4.19. The van der Waals surface area contributed by atoms with Gasteiger partial charge in [0.1, 0.15) is 28.9 Å². The number of halogens is 2. The summed E-state index contributed by atoms with van der Waals surface area (Å²) in [5.74, 6) is -1.73. The van der Waals surface area contributed by atoms with Crippen LogP contribution in [0.15, 0.2) is 17.7 Å². The second-order valence-electron chi connectivity index (χ2n) is 6.27. The molecule has 25 heavy (non-hydrogen) atoms. The van der Waals surface area contributed by atoms with E-state index in [-0.39, 0.29) is 11.1 Å². The molecule has 0 amide bonds. The third-order valence-corrected chi connectivity index (χ3v) is 4.95. The number of hydrogen-bond donors (Lipinski definition) is 0. The van der Waals surface area contributed by atoms with E-state index in [0.29, 0.717) is 17.8 Å². The summed E-state index contributed by atoms with van der Waals surface area (Å²) < 4.78 is 32.1. The summed E-state index contributed by atoms with van der Waals surface area (Å²) in [4.78, 5) is 0. The lowest BCUT2D eigenvalue weighted by Crippen LogP contribution is -1.99. The zero-order valence-corrected chi connectivity index (χ0v) is 13.6. The number of allylic oxidation sites excluding steroid dienone is 1. The lowest BCUT2D eigenvalue weighted by molar-refractivity contribution is 0.510. The van der Waals surface area contributed by atoms with Crippen molar-refractivity contribution in [3.05, 3.63) is 46.2 Å². The standard InChI is InChI=1S/C19H14F2N4/c1-11-13-4-2-3-7-24-18-15(6-5-14(20)17(18)21)25(19(13)24)16(11)8-12(9-22)10-23/h5-6,8H,2-4,7H2,1H3. The molecule has 0 unspecified atom stereocenters. The van der Waals surface area contributed by atoms with Crippen LogP contribution in [-0.4, -0.2) is 8.97 Å². The maximum atomic E-state index is 14.5. The Morgan fingerprint density at radius 1 is 1.20 bits per heavy atom. The van der Waals surface area contributed by atoms with E-state index in [4.69, 9.17) is 10.5 Å². The molecule has 2 aromatic heterocycles. The van der Waals surface area contributed by atoms with E-state index in [1.807, 2.05) is 28.0 Å². The van der Waals surface area contributed by atoms with Crippen LogP contribution in [-0.2, 0) is 13.0 Å². The Morgan fingerprint density at radius 2 is 1.96 bits per heavy atom. The Bertz CT molecular complexity index is 1130. The summed E-state index contributed by atoms with van der Waals surface area (Å²) >= 11 is 0. The van der Waals surface area contributed by atoms with E-state index in [2.05, 4.69) is 0 Å². The van der Waals surface area contributed by atoms with Gasteiger partial charge in [-0.15, -0.1) is 0 Å². The number of nitriles is 2. The van der Waals surface area contributed by atoms with Crippen molar-refractivity contribution in [1.82, 2.24) is 8.97 Å². The molecule has 1 aromatic carbocycles. The van der Waals surface area contributed by atoms with Crippen molar-refractivity contribution in [2.75, 3.05) is 0 Å². The lowest BCUT2D eigenvalue weighted by atomic mass is 10.1. The average Bonchev–Trinajstić information content (AvgIpc) is 2.95. The van der Waals surface area contributed by atoms with Crippen LogP contribution in [0.3, 0.4) is 0 Å². The van der Waals surface area contributed by atoms with Crippen LogP contribution >= 0.6 is 0 Å². The molecule has 0 aliphatic carbocycles. The van der Waals surface area contributed by atoms with Gasteiger partial charge >= 0.3 is 0 Å². The van der Waals surface area contributed by atoms with Crippen LogP contribution in [0.1, 0.15) is 29.7 Å². The molecule has 0 saturated heterocycles. The Balaban J connectivity index is 2.25. The highest BCUT2D eigenvalue weighted by Crippen LogP contribution is 2.36. The Labute approximate surface area is 142 Å². The van der Waals surface area contributed by atoms with Crippen molar-refractivity contribution in [2.45, 2.75) is 32.7 Å². The van der Waals surface area contributed by atoms with Crippen LogP contribution in [0.2, 0.25) is 0 Å². The predicted octanol–water partition coefficient (Wildman–Crippen LogP) is 4.25. The predicted molar refractivity (Wildman–Crippen MR) is 89.7 cm³/mol. The van der Waals surface area contributed by atoms with Gasteiger partial charge in [-0.2, -0.15) is 10.5 Å². The van der Waals surface area contributed by atoms with Gasteiger partial charge in [0.05, 0.1) is 11.2 Å². The summed E-state index contributed by atoms with van der Waals surface area (Å²) in [7, 11) is 0. The van der Waals surface area contributed by atoms with Gasteiger partial charge in [-0.05, 0) is 55.5 Å². The molecule has 6 heteroatoms. The van der Waals surface area contributed by atoms with Crippen molar-refractivity contribution in [1.29, 1.82) is 10.5 Å². The lowest BCUT2D eigenvalue weighted by Gasteiger charge is -2.04. The first-order valence-corrected chi connectivity index (χ1v) is 8.10. The van der Waals surface area contributed by atoms with E-state index >= 15 is 0 Å². The number of benzene rings is 1. The fourth-order valence-corrected chi connectivity index (χ4v) is 3.83. The van der Waals surface area contributed by atoms with Crippen molar-refractivity contribution in [3.63, 3.8) is 0 Å². The van der Waals surface area contributed by atoms with Crippen molar-refractivity contribution < 1.29 is 8.78 Å². The van der Waals surface area contributed by atoms with Gasteiger partial charge in [0.2, 0.25) is 0 Å². The zero-order valence-electron chi connectivity index (χ0n) is 13.6. The highest BCUT2D eigenvalue weighted by Gasteiger charge is 2.26. The first-order valence-electron chi connectivity index (χ1n) is 8.10. The number of nitrogens with zero attached hydrogens (tertiary/aromatic N) is 4. The van der Waals surface area contributed by atoms with Gasteiger partial charge in [0.15, 0.2) is 11.6 Å². The van der Waals surface area contributed by atoms with Crippen LogP contribution in [0.5, 0.6) is 0 Å². The van der Waals surface area contributed by atoms with Crippen molar-refractivity contribution in [2.24, 2.45) is 0 Å². The van der Waals surface area contributed by atoms with Crippen LogP contribution in [0, 0.1) is 41.2 Å². The molecule has 3 heterocycles. The number of fused-ring (bicyclic) bond motifs is 3. The minimum atomic E-state index is -0.876. The van der Waals surface area contributed by atoms with Gasteiger partial charge in [-0.3, -0.25) is 4.40 Å². The van der Waals surface area contributed by atoms with E-state index in [1.54, 1.807) is 6.07 Å². The number of rotatable bonds is 1. The van der Waals surface area contributed by atoms with Crippen LogP contribution < -0.4 is 0 Å². The quantitative estimate of drug-likeness (QED) is 0.624. The first-order chi connectivity index (χ1) is 12.1. The van der Waals surface area contributed by atoms with E-state index in [1.165, 1.54) is 6.08 Å². The Kier molecular flexibility index (Phi) is 3.36. The molecule has 0 N–H and O–H groups in total. The molecule has 1 aliphatic heterocycles. The molecule has 0 saturated carbocycles. The van der Waals surface area contributed by atoms with Crippen LogP contribution in [0.4, 0.5) is 8.78 Å². The number of hydrogen-bond acceptors (Lipinski definition) is 2. The van der Waals surface area contributed by atoms with Gasteiger partial charge in [-0.1, -0.05) is 0 Å². The molecule has 0 fully saturated rings. The second-order valence-corrected chi connectivity index (χ2v) is 6.27. The summed E-state index contributed by atoms with van der Waals surface area (Å²) in [6, 6.07) is 6.41. The maximum Gasteiger partial charge on any atom is 0.184 e. The smallest absolute Gasteiger partial charge is 0.184 e. The molecule has 3 aromatic rings. The van der Waals surface area contributed by atoms with E-state index in [0.717, 1.165) is 42.1 Å². The zero-order chi connectivity index (χ0) is 17.7. The average molecular weight is 336 g/mol. The molecular formula is C19H14F2N4. The highest BCUT2D eigenvalue weighted by atomic mass is 19.2.